The summed E-state index contributed by atoms with van der Waals surface area (Å²) in [6.45, 7) is 1.84. The van der Waals surface area contributed by atoms with Crippen LogP contribution in [-0.2, 0) is 24.8 Å². The maximum Gasteiger partial charge on any atom is 0.339 e. The fourth-order valence-electron chi connectivity index (χ4n) is 2.20. The molecule has 0 atom stereocenters. The minimum absolute atomic E-state index is 0.0326. The van der Waals surface area contributed by atoms with Gasteiger partial charge in [-0.25, -0.2) is 4.79 Å². The Morgan fingerprint density at radius 3 is 2.73 bits per heavy atom. The second-order valence-corrected chi connectivity index (χ2v) is 5.26. The van der Waals surface area contributed by atoms with E-state index >= 15 is 0 Å². The fraction of sp³-hybridized carbons (Fsp3) is 0.400. The molecular weight excluding hydrogens is 286 g/mol. The molecule has 7 nitrogen and oxygen atoms in total. The first-order chi connectivity index (χ1) is 10.4. The van der Waals surface area contributed by atoms with Crippen LogP contribution in [0.15, 0.2) is 22.9 Å². The van der Waals surface area contributed by atoms with Gasteiger partial charge in [0, 0.05) is 26.7 Å². The Balaban J connectivity index is 1.90. The molecule has 2 aromatic rings. The summed E-state index contributed by atoms with van der Waals surface area (Å²) in [4.78, 5) is 24.6. The Bertz CT molecular complexity index is 687. The monoisotopic (exact) mass is 305 g/mol. The van der Waals surface area contributed by atoms with Gasteiger partial charge in [0.1, 0.15) is 17.1 Å². The first-order valence-electron chi connectivity index (χ1n) is 6.91. The summed E-state index contributed by atoms with van der Waals surface area (Å²) < 4.78 is 7.07. The summed E-state index contributed by atoms with van der Waals surface area (Å²) >= 11 is 0. The smallest absolute Gasteiger partial charge is 0.339 e. The predicted molar refractivity (Wildman–Crippen MR) is 78.4 cm³/mol. The molecular formula is C15H19N3O4. The number of nitrogens with zero attached hydrogens (tertiary/aromatic N) is 3. The summed E-state index contributed by atoms with van der Waals surface area (Å²) in [5.74, 6) is -0.251. The Hall–Kier alpha value is -2.57. The van der Waals surface area contributed by atoms with Crippen molar-refractivity contribution < 1.29 is 19.1 Å². The molecule has 0 saturated carbocycles. The van der Waals surface area contributed by atoms with Crippen LogP contribution in [0.1, 0.15) is 33.9 Å². The van der Waals surface area contributed by atoms with Gasteiger partial charge in [-0.05, 0) is 25.0 Å². The van der Waals surface area contributed by atoms with Crippen molar-refractivity contribution in [2.75, 3.05) is 7.05 Å². The topological polar surface area (TPSA) is 88.6 Å². The van der Waals surface area contributed by atoms with Crippen LogP contribution in [-0.4, -0.2) is 38.7 Å². The van der Waals surface area contributed by atoms with E-state index in [0.29, 0.717) is 24.4 Å². The average Bonchev–Trinajstić information content (AvgIpc) is 3.02. The third kappa shape index (κ3) is 3.75. The number of carboxylic acid groups (broad SMARTS) is 1. The van der Waals surface area contributed by atoms with Crippen molar-refractivity contribution in [1.29, 1.82) is 0 Å². The van der Waals surface area contributed by atoms with Gasteiger partial charge in [0.05, 0.1) is 12.7 Å². The van der Waals surface area contributed by atoms with Gasteiger partial charge in [0.25, 0.3) is 0 Å². The molecule has 0 aromatic carbocycles. The standard InChI is InChI=1S/C15H19N3O4/c1-10-13(15(20)21)6-12(22-10)9-17(2)14(19)5-4-11-7-16-18(3)8-11/h6-8H,4-5,9H2,1-3H3,(H,20,21). The molecule has 7 heteroatoms. The SMILES string of the molecule is Cc1oc(CN(C)C(=O)CCc2cnn(C)c2)cc1C(=O)O. The number of amides is 1. The molecule has 22 heavy (non-hydrogen) atoms. The molecule has 0 fully saturated rings. The summed E-state index contributed by atoms with van der Waals surface area (Å²) in [7, 11) is 3.50. The Kier molecular flexibility index (Phi) is 4.65. The van der Waals surface area contributed by atoms with Crippen LogP contribution in [0.25, 0.3) is 0 Å². The van der Waals surface area contributed by atoms with E-state index in [1.165, 1.54) is 11.0 Å². The van der Waals surface area contributed by atoms with Crippen LogP contribution in [0.4, 0.5) is 0 Å². The molecule has 0 spiro atoms. The van der Waals surface area contributed by atoms with Crippen LogP contribution < -0.4 is 0 Å². The van der Waals surface area contributed by atoms with Crippen molar-refractivity contribution >= 4 is 11.9 Å². The number of carbonyl (C=O) groups excluding carboxylic acids is 1. The zero-order valence-electron chi connectivity index (χ0n) is 12.9. The van der Waals surface area contributed by atoms with E-state index in [1.807, 2.05) is 13.2 Å². The highest BCUT2D eigenvalue weighted by Crippen LogP contribution is 2.16. The van der Waals surface area contributed by atoms with Gasteiger partial charge in [-0.2, -0.15) is 5.10 Å². The molecule has 2 aromatic heterocycles. The lowest BCUT2D eigenvalue weighted by molar-refractivity contribution is -0.130. The lowest BCUT2D eigenvalue weighted by atomic mass is 10.2. The van der Waals surface area contributed by atoms with Crippen LogP contribution in [0.5, 0.6) is 0 Å². The molecule has 0 aliphatic rings. The number of aryl methyl sites for hydroxylation is 3. The number of carbonyl (C=O) groups is 2. The number of aromatic carboxylic acids is 1. The molecule has 118 valence electrons. The number of furan rings is 1. The maximum absolute atomic E-state index is 12.1. The Morgan fingerprint density at radius 1 is 1.45 bits per heavy atom. The van der Waals surface area contributed by atoms with Crippen LogP contribution in [0, 0.1) is 6.92 Å². The van der Waals surface area contributed by atoms with E-state index in [2.05, 4.69) is 5.10 Å². The van der Waals surface area contributed by atoms with Crippen molar-refractivity contribution in [2.45, 2.75) is 26.3 Å². The molecule has 2 rings (SSSR count). The first kappa shape index (κ1) is 15.8. The number of hydrogen-bond donors (Lipinski definition) is 1. The van der Waals surface area contributed by atoms with Gasteiger partial charge in [-0.3, -0.25) is 9.48 Å². The lowest BCUT2D eigenvalue weighted by Crippen LogP contribution is -2.26. The zero-order valence-corrected chi connectivity index (χ0v) is 12.9. The second-order valence-electron chi connectivity index (χ2n) is 5.26. The summed E-state index contributed by atoms with van der Waals surface area (Å²) in [5, 5.41) is 13.0. The number of rotatable bonds is 6. The van der Waals surface area contributed by atoms with E-state index in [1.54, 1.807) is 24.9 Å². The minimum atomic E-state index is -1.03. The average molecular weight is 305 g/mol. The number of carboxylic acids is 1. The third-order valence-electron chi connectivity index (χ3n) is 3.40. The summed E-state index contributed by atoms with van der Waals surface area (Å²) in [5.41, 5.74) is 1.14. The molecule has 1 N–H and O–H groups in total. The van der Waals surface area contributed by atoms with Crippen LogP contribution in [0.2, 0.25) is 0 Å². The van der Waals surface area contributed by atoms with Gasteiger partial charge in [0.15, 0.2) is 0 Å². The number of aromatic nitrogens is 2. The highest BCUT2D eigenvalue weighted by atomic mass is 16.4. The zero-order chi connectivity index (χ0) is 16.3. The normalized spacial score (nSPS) is 10.7. The fourth-order valence-corrected chi connectivity index (χ4v) is 2.20. The molecule has 0 unspecified atom stereocenters. The van der Waals surface area contributed by atoms with E-state index in [9.17, 15) is 9.59 Å². The molecule has 0 radical (unpaired) electrons. The largest absolute Gasteiger partial charge is 0.478 e. The predicted octanol–water partition coefficient (Wildman–Crippen LogP) is 1.61. The minimum Gasteiger partial charge on any atom is -0.478 e. The van der Waals surface area contributed by atoms with Gasteiger partial charge >= 0.3 is 5.97 Å². The Labute approximate surface area is 128 Å². The molecule has 0 aliphatic carbocycles. The highest BCUT2D eigenvalue weighted by molar-refractivity contribution is 5.88. The summed E-state index contributed by atoms with van der Waals surface area (Å²) in [6, 6.07) is 1.46. The highest BCUT2D eigenvalue weighted by Gasteiger charge is 2.17. The van der Waals surface area contributed by atoms with Gasteiger partial charge < -0.3 is 14.4 Å². The lowest BCUT2D eigenvalue weighted by Gasteiger charge is -2.15. The van der Waals surface area contributed by atoms with Crippen molar-refractivity contribution in [3.8, 4) is 0 Å². The maximum atomic E-state index is 12.1. The first-order valence-corrected chi connectivity index (χ1v) is 6.91. The summed E-state index contributed by atoms with van der Waals surface area (Å²) in [6.07, 6.45) is 4.60. The number of hydrogen-bond acceptors (Lipinski definition) is 4. The van der Waals surface area contributed by atoms with Crippen molar-refractivity contribution in [2.24, 2.45) is 7.05 Å². The van der Waals surface area contributed by atoms with E-state index in [-0.39, 0.29) is 18.0 Å². The Morgan fingerprint density at radius 2 is 2.18 bits per heavy atom. The van der Waals surface area contributed by atoms with Crippen LogP contribution >= 0.6 is 0 Å². The molecule has 0 saturated heterocycles. The second kappa shape index (κ2) is 6.46. The molecule has 0 aliphatic heterocycles. The van der Waals surface area contributed by atoms with Gasteiger partial charge in [0.2, 0.25) is 5.91 Å². The van der Waals surface area contributed by atoms with Crippen molar-refractivity contribution in [1.82, 2.24) is 14.7 Å². The van der Waals surface area contributed by atoms with Gasteiger partial charge in [-0.1, -0.05) is 0 Å². The van der Waals surface area contributed by atoms with E-state index < -0.39 is 5.97 Å². The molecule has 2 heterocycles. The van der Waals surface area contributed by atoms with Crippen molar-refractivity contribution in [3.05, 3.63) is 41.1 Å². The van der Waals surface area contributed by atoms with Crippen LogP contribution in [0.3, 0.4) is 0 Å². The molecule has 0 bridgehead atoms. The van der Waals surface area contributed by atoms with E-state index in [0.717, 1.165) is 5.56 Å². The quantitative estimate of drug-likeness (QED) is 0.876. The van der Waals surface area contributed by atoms with Crippen molar-refractivity contribution in [3.63, 3.8) is 0 Å². The van der Waals surface area contributed by atoms with Gasteiger partial charge in [-0.15, -0.1) is 0 Å². The third-order valence-corrected chi connectivity index (χ3v) is 3.40. The van der Waals surface area contributed by atoms with E-state index in [4.69, 9.17) is 9.52 Å². The molecule has 1 amide bonds.